The van der Waals surface area contributed by atoms with E-state index in [0.717, 1.165) is 11.3 Å². The molecule has 0 amide bonds. The Hall–Kier alpha value is -2.03. The molecule has 0 aliphatic carbocycles. The second kappa shape index (κ2) is 4.87. The third kappa shape index (κ3) is 2.75. The van der Waals surface area contributed by atoms with E-state index < -0.39 is 0 Å². The lowest BCUT2D eigenvalue weighted by molar-refractivity contribution is 0.475. The Morgan fingerprint density at radius 2 is 1.82 bits per heavy atom. The quantitative estimate of drug-likeness (QED) is 0.848. The topological polar surface area (TPSA) is 32.3 Å². The van der Waals surface area contributed by atoms with Gasteiger partial charge in [0.2, 0.25) is 0 Å². The van der Waals surface area contributed by atoms with Crippen LogP contribution in [0.1, 0.15) is 11.1 Å². The summed E-state index contributed by atoms with van der Waals surface area (Å²) in [5, 5.41) is 12.3. The summed E-state index contributed by atoms with van der Waals surface area (Å²) in [4.78, 5) is 0. The van der Waals surface area contributed by atoms with E-state index in [-0.39, 0.29) is 11.6 Å². The monoisotopic (exact) mass is 231 g/mol. The number of nitrogens with one attached hydrogen (secondary N) is 1. The zero-order valence-electron chi connectivity index (χ0n) is 9.57. The Morgan fingerprint density at radius 3 is 2.53 bits per heavy atom. The van der Waals surface area contributed by atoms with Crippen LogP contribution in [0.4, 0.5) is 10.1 Å². The number of benzene rings is 2. The fourth-order valence-corrected chi connectivity index (χ4v) is 1.61. The van der Waals surface area contributed by atoms with E-state index in [0.29, 0.717) is 12.1 Å². The maximum Gasteiger partial charge on any atom is 0.128 e. The summed E-state index contributed by atoms with van der Waals surface area (Å²) < 4.78 is 13.3. The van der Waals surface area contributed by atoms with Crippen molar-refractivity contribution < 1.29 is 9.50 Å². The van der Waals surface area contributed by atoms with E-state index in [9.17, 15) is 4.39 Å². The van der Waals surface area contributed by atoms with Crippen LogP contribution in [0, 0.1) is 12.7 Å². The van der Waals surface area contributed by atoms with Gasteiger partial charge in [-0.3, -0.25) is 0 Å². The van der Waals surface area contributed by atoms with Gasteiger partial charge in [-0.05, 0) is 36.8 Å². The molecule has 2 rings (SSSR count). The van der Waals surface area contributed by atoms with Crippen LogP contribution in [-0.4, -0.2) is 5.11 Å². The zero-order valence-corrected chi connectivity index (χ0v) is 9.57. The molecule has 0 aromatic heterocycles. The molecule has 3 heteroatoms. The lowest BCUT2D eigenvalue weighted by Crippen LogP contribution is -2.01. The molecule has 2 N–H and O–H groups in total. The molecule has 0 saturated heterocycles. The molecule has 2 aromatic rings. The van der Waals surface area contributed by atoms with Crippen molar-refractivity contribution in [2.24, 2.45) is 0 Å². The molecule has 2 aromatic carbocycles. The Kier molecular flexibility index (Phi) is 3.28. The minimum atomic E-state index is -0.208. The van der Waals surface area contributed by atoms with Crippen molar-refractivity contribution in [2.75, 3.05) is 5.32 Å². The zero-order chi connectivity index (χ0) is 12.3. The molecule has 0 fully saturated rings. The third-order valence-corrected chi connectivity index (χ3v) is 2.69. The predicted octanol–water partition coefficient (Wildman–Crippen LogP) is 3.45. The first-order valence-electron chi connectivity index (χ1n) is 5.44. The van der Waals surface area contributed by atoms with Crippen molar-refractivity contribution in [3.8, 4) is 5.75 Å². The number of phenolic OH excluding ortho intramolecular Hbond substituents is 1. The standard InChI is InChI=1S/C14H14FNO/c1-10-13(15)3-2-4-14(10)16-9-11-5-7-12(17)8-6-11/h2-8,16-17H,9H2,1H3. The van der Waals surface area contributed by atoms with Gasteiger partial charge in [0.15, 0.2) is 0 Å². The van der Waals surface area contributed by atoms with Gasteiger partial charge in [-0.2, -0.15) is 0 Å². The normalized spacial score (nSPS) is 10.2. The van der Waals surface area contributed by atoms with Gasteiger partial charge in [0.1, 0.15) is 11.6 Å². The summed E-state index contributed by atoms with van der Waals surface area (Å²) in [6.45, 7) is 2.35. The molecule has 0 atom stereocenters. The summed E-state index contributed by atoms with van der Waals surface area (Å²) in [5.74, 6) is 0.0383. The average Bonchev–Trinajstić information content (AvgIpc) is 2.33. The summed E-state index contributed by atoms with van der Waals surface area (Å²) in [7, 11) is 0. The van der Waals surface area contributed by atoms with E-state index >= 15 is 0 Å². The summed E-state index contributed by atoms with van der Waals surface area (Å²) in [6, 6.07) is 11.9. The van der Waals surface area contributed by atoms with Crippen molar-refractivity contribution >= 4 is 5.69 Å². The fraction of sp³-hybridized carbons (Fsp3) is 0.143. The Bertz CT molecular complexity index is 508. The minimum Gasteiger partial charge on any atom is -0.508 e. The number of hydrogen-bond donors (Lipinski definition) is 2. The van der Waals surface area contributed by atoms with Crippen molar-refractivity contribution in [3.63, 3.8) is 0 Å². The van der Waals surface area contributed by atoms with Gasteiger partial charge >= 0.3 is 0 Å². The van der Waals surface area contributed by atoms with E-state index in [2.05, 4.69) is 5.32 Å². The minimum absolute atomic E-state index is 0.208. The van der Waals surface area contributed by atoms with Crippen LogP contribution >= 0.6 is 0 Å². The van der Waals surface area contributed by atoms with Crippen molar-refractivity contribution in [3.05, 3.63) is 59.4 Å². The number of halogens is 1. The molecule has 17 heavy (non-hydrogen) atoms. The van der Waals surface area contributed by atoms with Crippen LogP contribution in [0.3, 0.4) is 0 Å². The van der Waals surface area contributed by atoms with Crippen LogP contribution in [0.25, 0.3) is 0 Å². The first-order valence-corrected chi connectivity index (χ1v) is 5.44. The van der Waals surface area contributed by atoms with Crippen molar-refractivity contribution in [2.45, 2.75) is 13.5 Å². The van der Waals surface area contributed by atoms with Gasteiger partial charge in [-0.1, -0.05) is 18.2 Å². The highest BCUT2D eigenvalue weighted by atomic mass is 19.1. The predicted molar refractivity (Wildman–Crippen MR) is 66.6 cm³/mol. The Balaban J connectivity index is 2.07. The largest absolute Gasteiger partial charge is 0.508 e. The summed E-state index contributed by atoms with van der Waals surface area (Å²) >= 11 is 0. The molecule has 0 saturated carbocycles. The van der Waals surface area contributed by atoms with Gasteiger partial charge in [-0.15, -0.1) is 0 Å². The van der Waals surface area contributed by atoms with Gasteiger partial charge < -0.3 is 10.4 Å². The van der Waals surface area contributed by atoms with Gasteiger partial charge in [0.05, 0.1) is 0 Å². The second-order valence-electron chi connectivity index (χ2n) is 3.93. The Morgan fingerprint density at radius 1 is 1.12 bits per heavy atom. The van der Waals surface area contributed by atoms with E-state index in [1.165, 1.54) is 6.07 Å². The highest BCUT2D eigenvalue weighted by Crippen LogP contribution is 2.18. The van der Waals surface area contributed by atoms with Crippen LogP contribution in [-0.2, 0) is 6.54 Å². The molecule has 0 bridgehead atoms. The third-order valence-electron chi connectivity index (χ3n) is 2.69. The molecule has 0 heterocycles. The van der Waals surface area contributed by atoms with E-state index in [4.69, 9.17) is 5.11 Å². The van der Waals surface area contributed by atoms with Crippen molar-refractivity contribution in [1.29, 1.82) is 0 Å². The first-order chi connectivity index (χ1) is 8.16. The van der Waals surface area contributed by atoms with Crippen LogP contribution in [0.5, 0.6) is 5.75 Å². The second-order valence-corrected chi connectivity index (χ2v) is 3.93. The lowest BCUT2D eigenvalue weighted by atomic mass is 10.1. The summed E-state index contributed by atoms with van der Waals surface area (Å²) in [6.07, 6.45) is 0. The fourth-order valence-electron chi connectivity index (χ4n) is 1.61. The molecule has 0 aliphatic rings. The smallest absolute Gasteiger partial charge is 0.128 e. The van der Waals surface area contributed by atoms with Crippen LogP contribution in [0.2, 0.25) is 0 Å². The van der Waals surface area contributed by atoms with Crippen LogP contribution in [0.15, 0.2) is 42.5 Å². The number of hydrogen-bond acceptors (Lipinski definition) is 2. The van der Waals surface area contributed by atoms with E-state index in [1.54, 1.807) is 25.1 Å². The summed E-state index contributed by atoms with van der Waals surface area (Å²) in [5.41, 5.74) is 2.44. The number of phenols is 1. The maximum absolute atomic E-state index is 13.3. The highest BCUT2D eigenvalue weighted by Gasteiger charge is 2.02. The highest BCUT2D eigenvalue weighted by molar-refractivity contribution is 5.51. The van der Waals surface area contributed by atoms with Crippen LogP contribution < -0.4 is 5.32 Å². The molecule has 0 aliphatic heterocycles. The molecule has 2 nitrogen and oxygen atoms in total. The number of aromatic hydroxyl groups is 1. The van der Waals surface area contributed by atoms with Gasteiger partial charge in [-0.25, -0.2) is 4.39 Å². The molecular weight excluding hydrogens is 217 g/mol. The lowest BCUT2D eigenvalue weighted by Gasteiger charge is -2.10. The van der Waals surface area contributed by atoms with Gasteiger partial charge in [0, 0.05) is 17.8 Å². The molecule has 0 radical (unpaired) electrons. The molecule has 0 spiro atoms. The average molecular weight is 231 g/mol. The molecular formula is C14H14FNO. The molecule has 88 valence electrons. The van der Waals surface area contributed by atoms with Crippen molar-refractivity contribution in [1.82, 2.24) is 0 Å². The molecule has 0 unspecified atom stereocenters. The maximum atomic E-state index is 13.3. The first kappa shape index (κ1) is 11.5. The SMILES string of the molecule is Cc1c(F)cccc1NCc1ccc(O)cc1. The van der Waals surface area contributed by atoms with E-state index in [1.807, 2.05) is 18.2 Å². The Labute approximate surface area is 99.7 Å². The number of rotatable bonds is 3. The van der Waals surface area contributed by atoms with Gasteiger partial charge in [0.25, 0.3) is 0 Å². The number of anilines is 1.